The minimum atomic E-state index is -0.0512. The third-order valence-corrected chi connectivity index (χ3v) is 3.91. The summed E-state index contributed by atoms with van der Waals surface area (Å²) < 4.78 is 0. The van der Waals surface area contributed by atoms with Gasteiger partial charge in [0.15, 0.2) is 0 Å². The molecule has 4 heteroatoms. The van der Waals surface area contributed by atoms with Gasteiger partial charge >= 0.3 is 6.03 Å². The van der Waals surface area contributed by atoms with Crippen LogP contribution in [0.2, 0.25) is 0 Å². The Morgan fingerprint density at radius 1 is 1.42 bits per heavy atom. The number of nitrogens with zero attached hydrogens (tertiary/aromatic N) is 1. The standard InChI is InChI=1S/C15H23N3O/c1-11-5-3-8-14(9-11)18(2)15(19)17-13-7-4-6-12(16)10-13/h4,6-7,10-11,14H,3,5,8-9,16H2,1-2H3,(H,17,19). The summed E-state index contributed by atoms with van der Waals surface area (Å²) in [4.78, 5) is 14.0. The molecule has 2 amide bonds. The number of hydrogen-bond donors (Lipinski definition) is 2. The lowest BCUT2D eigenvalue weighted by Crippen LogP contribution is -2.42. The summed E-state index contributed by atoms with van der Waals surface area (Å²) in [6.07, 6.45) is 4.69. The normalized spacial score (nSPS) is 22.8. The van der Waals surface area contributed by atoms with Crippen molar-refractivity contribution in [2.45, 2.75) is 38.6 Å². The molecule has 0 aliphatic heterocycles. The van der Waals surface area contributed by atoms with E-state index in [1.165, 1.54) is 12.8 Å². The lowest BCUT2D eigenvalue weighted by atomic mass is 9.86. The Kier molecular flexibility index (Phi) is 4.30. The number of nitrogens with two attached hydrogens (primary N) is 1. The molecule has 2 rings (SSSR count). The number of nitrogen functional groups attached to an aromatic ring is 1. The molecule has 0 aromatic heterocycles. The Labute approximate surface area is 115 Å². The van der Waals surface area contributed by atoms with Crippen LogP contribution in [0.3, 0.4) is 0 Å². The fourth-order valence-electron chi connectivity index (χ4n) is 2.75. The van der Waals surface area contributed by atoms with E-state index >= 15 is 0 Å². The van der Waals surface area contributed by atoms with Crippen molar-refractivity contribution >= 4 is 17.4 Å². The Bertz CT molecular complexity index is 447. The Hall–Kier alpha value is -1.71. The van der Waals surface area contributed by atoms with Crippen LogP contribution in [0.4, 0.5) is 16.2 Å². The molecule has 19 heavy (non-hydrogen) atoms. The van der Waals surface area contributed by atoms with Crippen molar-refractivity contribution < 1.29 is 4.79 Å². The van der Waals surface area contributed by atoms with Crippen molar-refractivity contribution in [3.63, 3.8) is 0 Å². The Morgan fingerprint density at radius 3 is 2.89 bits per heavy atom. The van der Waals surface area contributed by atoms with Crippen LogP contribution in [0.5, 0.6) is 0 Å². The van der Waals surface area contributed by atoms with Gasteiger partial charge in [-0.2, -0.15) is 0 Å². The third-order valence-electron chi connectivity index (χ3n) is 3.91. The molecule has 1 aliphatic rings. The van der Waals surface area contributed by atoms with Crippen molar-refractivity contribution in [3.05, 3.63) is 24.3 Å². The van der Waals surface area contributed by atoms with E-state index in [1.807, 2.05) is 30.1 Å². The molecule has 2 atom stereocenters. The second-order valence-electron chi connectivity index (χ2n) is 5.59. The number of carbonyl (C=O) groups is 1. The number of anilines is 2. The van der Waals surface area contributed by atoms with Gasteiger partial charge in [0.25, 0.3) is 0 Å². The maximum absolute atomic E-state index is 12.2. The predicted molar refractivity (Wildman–Crippen MR) is 79.1 cm³/mol. The van der Waals surface area contributed by atoms with Gasteiger partial charge in [-0.05, 0) is 37.0 Å². The zero-order valence-corrected chi connectivity index (χ0v) is 11.7. The molecule has 1 aromatic rings. The molecule has 104 valence electrons. The average molecular weight is 261 g/mol. The van der Waals surface area contributed by atoms with Gasteiger partial charge in [-0.15, -0.1) is 0 Å². The Balaban J connectivity index is 1.95. The molecule has 4 nitrogen and oxygen atoms in total. The van der Waals surface area contributed by atoms with Crippen molar-refractivity contribution in [1.29, 1.82) is 0 Å². The van der Waals surface area contributed by atoms with Crippen molar-refractivity contribution in [2.75, 3.05) is 18.1 Å². The molecule has 1 aliphatic carbocycles. The van der Waals surface area contributed by atoms with Gasteiger partial charge in [0, 0.05) is 24.5 Å². The number of rotatable bonds is 2. The van der Waals surface area contributed by atoms with Gasteiger partial charge < -0.3 is 16.0 Å². The molecule has 1 saturated carbocycles. The fraction of sp³-hybridized carbons (Fsp3) is 0.533. The van der Waals surface area contributed by atoms with E-state index < -0.39 is 0 Å². The molecule has 0 heterocycles. The van der Waals surface area contributed by atoms with E-state index in [0.717, 1.165) is 18.5 Å². The summed E-state index contributed by atoms with van der Waals surface area (Å²) in [5, 5.41) is 2.90. The lowest BCUT2D eigenvalue weighted by Gasteiger charge is -2.34. The second-order valence-corrected chi connectivity index (χ2v) is 5.59. The average Bonchev–Trinajstić information content (AvgIpc) is 2.38. The highest BCUT2D eigenvalue weighted by Crippen LogP contribution is 2.27. The highest BCUT2D eigenvalue weighted by Gasteiger charge is 2.25. The largest absolute Gasteiger partial charge is 0.399 e. The van der Waals surface area contributed by atoms with Gasteiger partial charge in [0.05, 0.1) is 0 Å². The van der Waals surface area contributed by atoms with Crippen LogP contribution < -0.4 is 11.1 Å². The van der Waals surface area contributed by atoms with Gasteiger partial charge in [-0.25, -0.2) is 4.79 Å². The number of benzene rings is 1. The number of hydrogen-bond acceptors (Lipinski definition) is 2. The summed E-state index contributed by atoms with van der Waals surface area (Å²) in [6, 6.07) is 7.57. The fourth-order valence-corrected chi connectivity index (χ4v) is 2.75. The highest BCUT2D eigenvalue weighted by molar-refractivity contribution is 5.89. The molecule has 0 bridgehead atoms. The highest BCUT2D eigenvalue weighted by atomic mass is 16.2. The first-order valence-electron chi connectivity index (χ1n) is 6.95. The molecule has 0 spiro atoms. The van der Waals surface area contributed by atoms with Gasteiger partial charge in [-0.3, -0.25) is 0 Å². The van der Waals surface area contributed by atoms with Crippen LogP contribution in [0.15, 0.2) is 24.3 Å². The van der Waals surface area contributed by atoms with E-state index in [4.69, 9.17) is 5.73 Å². The number of urea groups is 1. The Morgan fingerprint density at radius 2 is 2.21 bits per heavy atom. The van der Waals surface area contributed by atoms with Crippen LogP contribution in [-0.2, 0) is 0 Å². The van der Waals surface area contributed by atoms with E-state index in [9.17, 15) is 4.79 Å². The number of carbonyl (C=O) groups excluding carboxylic acids is 1. The smallest absolute Gasteiger partial charge is 0.321 e. The SMILES string of the molecule is CC1CCCC(N(C)C(=O)Nc2cccc(N)c2)C1. The van der Waals surface area contributed by atoms with E-state index in [2.05, 4.69) is 12.2 Å². The summed E-state index contributed by atoms with van der Waals surface area (Å²) in [6.45, 7) is 2.26. The lowest BCUT2D eigenvalue weighted by molar-refractivity contribution is 0.171. The van der Waals surface area contributed by atoms with Crippen molar-refractivity contribution in [2.24, 2.45) is 5.92 Å². The first-order chi connectivity index (χ1) is 9.06. The maximum Gasteiger partial charge on any atom is 0.321 e. The minimum absolute atomic E-state index is 0.0512. The summed E-state index contributed by atoms with van der Waals surface area (Å²) >= 11 is 0. The van der Waals surface area contributed by atoms with E-state index in [0.29, 0.717) is 17.6 Å². The second kappa shape index (κ2) is 5.95. The molecule has 3 N–H and O–H groups in total. The first-order valence-corrected chi connectivity index (χ1v) is 6.95. The molecule has 1 aromatic carbocycles. The van der Waals surface area contributed by atoms with Crippen LogP contribution in [0, 0.1) is 5.92 Å². The molecule has 1 fully saturated rings. The molecule has 2 unspecified atom stereocenters. The number of nitrogens with one attached hydrogen (secondary N) is 1. The first kappa shape index (κ1) is 13.7. The van der Waals surface area contributed by atoms with Gasteiger partial charge in [0.2, 0.25) is 0 Å². The predicted octanol–water partition coefficient (Wildman–Crippen LogP) is 3.31. The van der Waals surface area contributed by atoms with E-state index in [1.54, 1.807) is 6.07 Å². The zero-order chi connectivity index (χ0) is 13.8. The maximum atomic E-state index is 12.2. The molecule has 0 radical (unpaired) electrons. The van der Waals surface area contributed by atoms with Crippen LogP contribution in [-0.4, -0.2) is 24.0 Å². The number of amides is 2. The topological polar surface area (TPSA) is 58.4 Å². The third kappa shape index (κ3) is 3.63. The van der Waals surface area contributed by atoms with Gasteiger partial charge in [0.1, 0.15) is 0 Å². The summed E-state index contributed by atoms with van der Waals surface area (Å²) in [5.74, 6) is 0.710. The molecular weight excluding hydrogens is 238 g/mol. The van der Waals surface area contributed by atoms with Crippen LogP contribution >= 0.6 is 0 Å². The van der Waals surface area contributed by atoms with Crippen LogP contribution in [0.25, 0.3) is 0 Å². The summed E-state index contributed by atoms with van der Waals surface area (Å²) in [7, 11) is 1.88. The van der Waals surface area contributed by atoms with Crippen molar-refractivity contribution in [1.82, 2.24) is 4.90 Å². The summed E-state index contributed by atoms with van der Waals surface area (Å²) in [5.41, 5.74) is 7.12. The monoisotopic (exact) mass is 261 g/mol. The minimum Gasteiger partial charge on any atom is -0.399 e. The molecule has 0 saturated heterocycles. The quantitative estimate of drug-likeness (QED) is 0.802. The van der Waals surface area contributed by atoms with Crippen molar-refractivity contribution in [3.8, 4) is 0 Å². The zero-order valence-electron chi connectivity index (χ0n) is 11.7. The molecular formula is C15H23N3O. The van der Waals surface area contributed by atoms with Crippen LogP contribution in [0.1, 0.15) is 32.6 Å². The van der Waals surface area contributed by atoms with Gasteiger partial charge in [-0.1, -0.05) is 25.8 Å². The van der Waals surface area contributed by atoms with E-state index in [-0.39, 0.29) is 6.03 Å².